The SMILES string of the molecule is c1ccc(Sc2ncn3ccsc23)nc1. The molecule has 0 radical (unpaired) electrons. The van der Waals surface area contributed by atoms with Gasteiger partial charge >= 0.3 is 0 Å². The second kappa shape index (κ2) is 3.67. The topological polar surface area (TPSA) is 30.2 Å². The van der Waals surface area contributed by atoms with E-state index in [9.17, 15) is 0 Å². The van der Waals surface area contributed by atoms with Gasteiger partial charge in [-0.25, -0.2) is 9.97 Å². The molecule has 0 bridgehead atoms. The summed E-state index contributed by atoms with van der Waals surface area (Å²) in [7, 11) is 0. The normalized spacial score (nSPS) is 10.9. The van der Waals surface area contributed by atoms with Crippen molar-refractivity contribution in [3.05, 3.63) is 42.3 Å². The highest BCUT2D eigenvalue weighted by atomic mass is 32.2. The van der Waals surface area contributed by atoms with Crippen LogP contribution in [-0.4, -0.2) is 14.4 Å². The van der Waals surface area contributed by atoms with Crippen LogP contribution in [0, 0.1) is 0 Å². The number of hydrogen-bond acceptors (Lipinski definition) is 4. The van der Waals surface area contributed by atoms with Gasteiger partial charge in [0.15, 0.2) is 0 Å². The Labute approximate surface area is 94.8 Å². The Balaban J connectivity index is 1.99. The smallest absolute Gasteiger partial charge is 0.139 e. The molecular weight excluding hydrogens is 226 g/mol. The quantitative estimate of drug-likeness (QED) is 0.681. The van der Waals surface area contributed by atoms with Crippen molar-refractivity contribution in [1.29, 1.82) is 0 Å². The van der Waals surface area contributed by atoms with Crippen LogP contribution in [0.15, 0.2) is 52.4 Å². The fourth-order valence-electron chi connectivity index (χ4n) is 1.29. The number of rotatable bonds is 2. The molecule has 0 amide bonds. The van der Waals surface area contributed by atoms with E-state index in [1.165, 1.54) is 4.83 Å². The lowest BCUT2D eigenvalue weighted by molar-refractivity contribution is 1.12. The lowest BCUT2D eigenvalue weighted by atomic mass is 10.5. The molecule has 3 aromatic heterocycles. The van der Waals surface area contributed by atoms with E-state index in [0.29, 0.717) is 0 Å². The van der Waals surface area contributed by atoms with Crippen LogP contribution in [0.25, 0.3) is 4.83 Å². The summed E-state index contributed by atoms with van der Waals surface area (Å²) in [5, 5.41) is 4.05. The van der Waals surface area contributed by atoms with Crippen LogP contribution < -0.4 is 0 Å². The van der Waals surface area contributed by atoms with Gasteiger partial charge in [0.2, 0.25) is 0 Å². The summed E-state index contributed by atoms with van der Waals surface area (Å²) >= 11 is 3.29. The van der Waals surface area contributed by atoms with E-state index in [2.05, 4.69) is 15.3 Å². The minimum atomic E-state index is 0.978. The van der Waals surface area contributed by atoms with Gasteiger partial charge in [-0.1, -0.05) is 6.07 Å². The maximum Gasteiger partial charge on any atom is 0.139 e. The third kappa shape index (κ3) is 1.64. The molecular formula is C10H7N3S2. The molecule has 0 aliphatic carbocycles. The molecule has 0 aliphatic heterocycles. The molecule has 0 fully saturated rings. The van der Waals surface area contributed by atoms with E-state index in [-0.39, 0.29) is 0 Å². The Morgan fingerprint density at radius 1 is 1.27 bits per heavy atom. The first-order valence-electron chi connectivity index (χ1n) is 4.42. The van der Waals surface area contributed by atoms with Crippen LogP contribution in [0.2, 0.25) is 0 Å². The zero-order chi connectivity index (χ0) is 10.1. The molecule has 0 unspecified atom stereocenters. The molecule has 15 heavy (non-hydrogen) atoms. The van der Waals surface area contributed by atoms with E-state index >= 15 is 0 Å². The van der Waals surface area contributed by atoms with Crippen molar-refractivity contribution in [2.75, 3.05) is 0 Å². The first-order chi connectivity index (χ1) is 7.43. The molecule has 74 valence electrons. The van der Waals surface area contributed by atoms with Crippen LogP contribution in [0.5, 0.6) is 0 Å². The third-order valence-corrected chi connectivity index (χ3v) is 3.91. The molecule has 3 aromatic rings. The van der Waals surface area contributed by atoms with Gasteiger partial charge in [-0.2, -0.15) is 0 Å². The van der Waals surface area contributed by atoms with Gasteiger partial charge in [0.1, 0.15) is 21.2 Å². The van der Waals surface area contributed by atoms with Gasteiger partial charge in [-0.15, -0.1) is 11.3 Å². The fraction of sp³-hybridized carbons (Fsp3) is 0. The van der Waals surface area contributed by atoms with Crippen molar-refractivity contribution in [1.82, 2.24) is 14.4 Å². The lowest BCUT2D eigenvalue weighted by Crippen LogP contribution is -1.77. The maximum atomic E-state index is 4.35. The van der Waals surface area contributed by atoms with Crippen molar-refractivity contribution < 1.29 is 0 Å². The van der Waals surface area contributed by atoms with Gasteiger partial charge in [-0.05, 0) is 23.9 Å². The standard InChI is InChI=1S/C10H7N3S2/c1-2-4-11-8(3-1)15-9-10-13(7-12-9)5-6-14-10/h1-7H. The van der Waals surface area contributed by atoms with Gasteiger partial charge in [0.25, 0.3) is 0 Å². The number of fused-ring (bicyclic) bond motifs is 1. The Kier molecular flexibility index (Phi) is 2.19. The van der Waals surface area contributed by atoms with E-state index in [4.69, 9.17) is 0 Å². The van der Waals surface area contributed by atoms with E-state index in [1.807, 2.05) is 35.1 Å². The Bertz CT molecular complexity index is 570. The molecule has 0 aliphatic rings. The van der Waals surface area contributed by atoms with E-state index in [1.54, 1.807) is 29.3 Å². The largest absolute Gasteiger partial charge is 0.296 e. The van der Waals surface area contributed by atoms with Crippen LogP contribution in [0.3, 0.4) is 0 Å². The number of imidazole rings is 1. The third-order valence-electron chi connectivity index (χ3n) is 1.96. The van der Waals surface area contributed by atoms with Gasteiger partial charge in [0, 0.05) is 17.8 Å². The summed E-state index contributed by atoms with van der Waals surface area (Å²) in [5.74, 6) is 0. The maximum absolute atomic E-state index is 4.35. The van der Waals surface area contributed by atoms with Crippen molar-refractivity contribution in [3.8, 4) is 0 Å². The summed E-state index contributed by atoms with van der Waals surface area (Å²) in [5.41, 5.74) is 0. The Hall–Kier alpha value is -1.33. The fourth-order valence-corrected chi connectivity index (χ4v) is 3.01. The molecule has 3 heterocycles. The van der Waals surface area contributed by atoms with Crippen molar-refractivity contribution in [2.45, 2.75) is 10.1 Å². The highest BCUT2D eigenvalue weighted by Crippen LogP contribution is 2.30. The van der Waals surface area contributed by atoms with Crippen LogP contribution in [0.1, 0.15) is 0 Å². The second-order valence-electron chi connectivity index (χ2n) is 2.94. The van der Waals surface area contributed by atoms with E-state index < -0.39 is 0 Å². The first kappa shape index (κ1) is 8.94. The molecule has 0 spiro atoms. The Morgan fingerprint density at radius 2 is 2.27 bits per heavy atom. The van der Waals surface area contributed by atoms with Gasteiger partial charge in [0.05, 0.1) is 0 Å². The number of pyridine rings is 1. The summed E-state index contributed by atoms with van der Waals surface area (Å²) in [6.45, 7) is 0. The van der Waals surface area contributed by atoms with Crippen LogP contribution >= 0.6 is 23.1 Å². The minimum Gasteiger partial charge on any atom is -0.296 e. The predicted octanol–water partition coefficient (Wildman–Crippen LogP) is 2.94. The first-order valence-corrected chi connectivity index (χ1v) is 6.12. The molecule has 0 saturated carbocycles. The van der Waals surface area contributed by atoms with Crippen molar-refractivity contribution in [3.63, 3.8) is 0 Å². The predicted molar refractivity (Wildman–Crippen MR) is 61.4 cm³/mol. The second-order valence-corrected chi connectivity index (χ2v) is 4.84. The molecule has 0 N–H and O–H groups in total. The zero-order valence-corrected chi connectivity index (χ0v) is 9.33. The minimum absolute atomic E-state index is 0.978. The summed E-state index contributed by atoms with van der Waals surface area (Å²) in [6.07, 6.45) is 5.64. The molecule has 3 nitrogen and oxygen atoms in total. The van der Waals surface area contributed by atoms with Crippen LogP contribution in [0.4, 0.5) is 0 Å². The monoisotopic (exact) mass is 233 g/mol. The van der Waals surface area contributed by atoms with E-state index in [0.717, 1.165) is 10.1 Å². The van der Waals surface area contributed by atoms with Crippen molar-refractivity contribution in [2.24, 2.45) is 0 Å². The average molecular weight is 233 g/mol. The summed E-state index contributed by atoms with van der Waals surface area (Å²) in [4.78, 5) is 9.78. The van der Waals surface area contributed by atoms with Gasteiger partial charge in [-0.3, -0.25) is 4.40 Å². The van der Waals surface area contributed by atoms with Crippen molar-refractivity contribution >= 4 is 27.9 Å². The lowest BCUT2D eigenvalue weighted by Gasteiger charge is -1.94. The zero-order valence-electron chi connectivity index (χ0n) is 7.70. The molecule has 5 heteroatoms. The number of nitrogens with zero attached hydrogens (tertiary/aromatic N) is 3. The summed E-state index contributed by atoms with van der Waals surface area (Å²) in [6, 6.07) is 5.89. The molecule has 3 rings (SSSR count). The summed E-state index contributed by atoms with van der Waals surface area (Å²) < 4.78 is 2.02. The number of hydrogen-bond donors (Lipinski definition) is 0. The molecule has 0 saturated heterocycles. The number of aromatic nitrogens is 3. The Morgan fingerprint density at radius 3 is 3.13 bits per heavy atom. The average Bonchev–Trinajstić information content (AvgIpc) is 2.85. The molecule has 0 aromatic carbocycles. The number of thiazole rings is 1. The highest BCUT2D eigenvalue weighted by molar-refractivity contribution is 7.99. The highest BCUT2D eigenvalue weighted by Gasteiger charge is 2.07. The van der Waals surface area contributed by atoms with Gasteiger partial charge < -0.3 is 0 Å². The van der Waals surface area contributed by atoms with Crippen LogP contribution in [-0.2, 0) is 0 Å². The molecule has 0 atom stereocenters.